The van der Waals surface area contributed by atoms with E-state index in [4.69, 9.17) is 14.2 Å². The van der Waals surface area contributed by atoms with Gasteiger partial charge < -0.3 is 19.5 Å². The average molecular weight is 452 g/mol. The third kappa shape index (κ3) is 5.86. The predicted octanol–water partition coefficient (Wildman–Crippen LogP) is 4.96. The molecular weight excluding hydrogens is 418 g/mol. The van der Waals surface area contributed by atoms with E-state index in [2.05, 4.69) is 37.3 Å². The van der Waals surface area contributed by atoms with Crippen LogP contribution < -0.4 is 19.5 Å². The SMILES string of the molecule is COc1ccc(Cn2ncc(C)c2NC(=O)C(C)Oc2cccc(C(C)(C)C)c2)cc1OC. The van der Waals surface area contributed by atoms with Crippen LogP contribution in [0, 0.1) is 6.92 Å². The molecule has 3 aromatic rings. The Morgan fingerprint density at radius 2 is 1.82 bits per heavy atom. The zero-order chi connectivity index (χ0) is 24.2. The lowest BCUT2D eigenvalue weighted by Crippen LogP contribution is -2.31. The maximum absolute atomic E-state index is 12.9. The number of nitrogens with zero attached hydrogens (tertiary/aromatic N) is 2. The van der Waals surface area contributed by atoms with E-state index in [1.54, 1.807) is 32.0 Å². The number of amides is 1. The van der Waals surface area contributed by atoms with Crippen LogP contribution in [0.15, 0.2) is 48.7 Å². The summed E-state index contributed by atoms with van der Waals surface area (Å²) in [5.74, 6) is 2.36. The minimum Gasteiger partial charge on any atom is -0.493 e. The molecule has 0 spiro atoms. The Bertz CT molecular complexity index is 1110. The third-order valence-electron chi connectivity index (χ3n) is 5.43. The van der Waals surface area contributed by atoms with Crippen LogP contribution in [0.25, 0.3) is 0 Å². The van der Waals surface area contributed by atoms with Gasteiger partial charge in [-0.25, -0.2) is 4.68 Å². The molecule has 1 heterocycles. The van der Waals surface area contributed by atoms with Gasteiger partial charge in [-0.1, -0.05) is 39.0 Å². The standard InChI is InChI=1S/C26H33N3O4/c1-17-15-27-29(16-19-11-12-22(31-6)23(13-19)32-7)24(17)28-25(30)18(2)33-21-10-8-9-20(14-21)26(3,4)5/h8-15,18H,16H2,1-7H3,(H,28,30). The number of nitrogens with one attached hydrogen (secondary N) is 1. The number of carbonyl (C=O) groups is 1. The van der Waals surface area contributed by atoms with E-state index in [9.17, 15) is 4.79 Å². The number of anilines is 1. The highest BCUT2D eigenvalue weighted by atomic mass is 16.5. The van der Waals surface area contributed by atoms with Gasteiger partial charge in [-0.3, -0.25) is 4.79 Å². The summed E-state index contributed by atoms with van der Waals surface area (Å²) in [6.45, 7) is 10.5. The lowest BCUT2D eigenvalue weighted by atomic mass is 9.87. The molecule has 176 valence electrons. The van der Waals surface area contributed by atoms with Crippen molar-refractivity contribution in [3.05, 3.63) is 65.4 Å². The molecule has 0 saturated carbocycles. The van der Waals surface area contributed by atoms with Gasteiger partial charge in [-0.15, -0.1) is 0 Å². The predicted molar refractivity (Wildman–Crippen MR) is 129 cm³/mol. The van der Waals surface area contributed by atoms with E-state index >= 15 is 0 Å². The summed E-state index contributed by atoms with van der Waals surface area (Å²) >= 11 is 0. The lowest BCUT2D eigenvalue weighted by Gasteiger charge is -2.21. The summed E-state index contributed by atoms with van der Waals surface area (Å²) in [6.07, 6.45) is 1.05. The maximum atomic E-state index is 12.9. The molecule has 1 atom stereocenters. The summed E-state index contributed by atoms with van der Waals surface area (Å²) in [6, 6.07) is 13.6. The molecular formula is C26H33N3O4. The molecule has 0 bridgehead atoms. The number of ether oxygens (including phenoxy) is 3. The van der Waals surface area contributed by atoms with Crippen molar-refractivity contribution in [2.45, 2.75) is 52.7 Å². The van der Waals surface area contributed by atoms with Gasteiger partial charge in [0.15, 0.2) is 17.6 Å². The van der Waals surface area contributed by atoms with Crippen LogP contribution in [-0.2, 0) is 16.8 Å². The Morgan fingerprint density at radius 1 is 1.09 bits per heavy atom. The smallest absolute Gasteiger partial charge is 0.266 e. The monoisotopic (exact) mass is 451 g/mol. The Hall–Kier alpha value is -3.48. The molecule has 2 aromatic carbocycles. The third-order valence-corrected chi connectivity index (χ3v) is 5.43. The van der Waals surface area contributed by atoms with Gasteiger partial charge in [0, 0.05) is 5.56 Å². The molecule has 1 N–H and O–H groups in total. The fourth-order valence-corrected chi connectivity index (χ4v) is 3.43. The fraction of sp³-hybridized carbons (Fsp3) is 0.385. The van der Waals surface area contributed by atoms with E-state index in [0.717, 1.165) is 16.7 Å². The highest BCUT2D eigenvalue weighted by Crippen LogP contribution is 2.29. The fourth-order valence-electron chi connectivity index (χ4n) is 3.43. The minimum atomic E-state index is -0.677. The number of aromatic nitrogens is 2. The van der Waals surface area contributed by atoms with Crippen molar-refractivity contribution in [2.24, 2.45) is 0 Å². The minimum absolute atomic E-state index is 0.00137. The van der Waals surface area contributed by atoms with Gasteiger partial charge in [0.05, 0.1) is 27.0 Å². The van der Waals surface area contributed by atoms with Crippen LogP contribution in [0.2, 0.25) is 0 Å². The molecule has 1 unspecified atom stereocenters. The Kier molecular flexibility index (Phi) is 7.31. The second-order valence-corrected chi connectivity index (χ2v) is 9.05. The first-order chi connectivity index (χ1) is 15.6. The van der Waals surface area contributed by atoms with Crippen LogP contribution in [0.1, 0.15) is 44.4 Å². The van der Waals surface area contributed by atoms with Gasteiger partial charge in [-0.2, -0.15) is 5.10 Å². The molecule has 3 rings (SSSR count). The van der Waals surface area contributed by atoms with E-state index < -0.39 is 6.10 Å². The van der Waals surface area contributed by atoms with Crippen LogP contribution in [0.5, 0.6) is 17.2 Å². The zero-order valence-electron chi connectivity index (χ0n) is 20.4. The van der Waals surface area contributed by atoms with Crippen molar-refractivity contribution in [3.63, 3.8) is 0 Å². The molecule has 1 amide bonds. The van der Waals surface area contributed by atoms with Crippen molar-refractivity contribution in [1.29, 1.82) is 0 Å². The van der Waals surface area contributed by atoms with Crippen molar-refractivity contribution in [3.8, 4) is 17.2 Å². The number of carbonyl (C=O) groups excluding carboxylic acids is 1. The Labute approximate surface area is 195 Å². The highest BCUT2D eigenvalue weighted by Gasteiger charge is 2.20. The molecule has 1 aromatic heterocycles. The van der Waals surface area contributed by atoms with Gasteiger partial charge >= 0.3 is 0 Å². The normalized spacial score (nSPS) is 12.2. The van der Waals surface area contributed by atoms with Gasteiger partial charge in [-0.05, 0) is 54.7 Å². The van der Waals surface area contributed by atoms with E-state index in [-0.39, 0.29) is 11.3 Å². The number of benzene rings is 2. The zero-order valence-corrected chi connectivity index (χ0v) is 20.4. The summed E-state index contributed by atoms with van der Waals surface area (Å²) in [5, 5.41) is 7.41. The molecule has 7 nitrogen and oxygen atoms in total. The Balaban J connectivity index is 1.73. The van der Waals surface area contributed by atoms with Crippen molar-refractivity contribution < 1.29 is 19.0 Å². The number of hydrogen-bond donors (Lipinski definition) is 1. The van der Waals surface area contributed by atoms with E-state index in [1.807, 2.05) is 43.3 Å². The molecule has 0 radical (unpaired) electrons. The molecule has 0 aliphatic carbocycles. The molecule has 0 saturated heterocycles. The van der Waals surface area contributed by atoms with Crippen molar-refractivity contribution in [2.75, 3.05) is 19.5 Å². The van der Waals surface area contributed by atoms with Gasteiger partial charge in [0.25, 0.3) is 5.91 Å². The first kappa shape index (κ1) is 24.2. The van der Waals surface area contributed by atoms with Gasteiger partial charge in [0.2, 0.25) is 0 Å². The van der Waals surface area contributed by atoms with E-state index in [1.165, 1.54) is 0 Å². The molecule has 0 aliphatic rings. The Morgan fingerprint density at radius 3 is 2.48 bits per heavy atom. The average Bonchev–Trinajstić information content (AvgIpc) is 3.12. The summed E-state index contributed by atoms with van der Waals surface area (Å²) in [4.78, 5) is 12.9. The quantitative estimate of drug-likeness (QED) is 0.524. The number of hydrogen-bond acceptors (Lipinski definition) is 5. The van der Waals surface area contributed by atoms with Crippen molar-refractivity contribution >= 4 is 11.7 Å². The molecule has 0 aliphatic heterocycles. The van der Waals surface area contributed by atoms with Crippen LogP contribution >= 0.6 is 0 Å². The van der Waals surface area contributed by atoms with Crippen molar-refractivity contribution in [1.82, 2.24) is 9.78 Å². The second-order valence-electron chi connectivity index (χ2n) is 9.05. The second kappa shape index (κ2) is 9.98. The highest BCUT2D eigenvalue weighted by molar-refractivity contribution is 5.94. The van der Waals surface area contributed by atoms with Crippen LogP contribution in [0.4, 0.5) is 5.82 Å². The van der Waals surface area contributed by atoms with E-state index in [0.29, 0.717) is 29.6 Å². The molecule has 0 fully saturated rings. The van der Waals surface area contributed by atoms with Crippen LogP contribution in [0.3, 0.4) is 0 Å². The summed E-state index contributed by atoms with van der Waals surface area (Å²) < 4.78 is 18.4. The van der Waals surface area contributed by atoms with Gasteiger partial charge in [0.1, 0.15) is 11.6 Å². The summed E-state index contributed by atoms with van der Waals surface area (Å²) in [5.41, 5.74) is 2.98. The lowest BCUT2D eigenvalue weighted by molar-refractivity contribution is -0.122. The number of methoxy groups -OCH3 is 2. The molecule has 7 heteroatoms. The maximum Gasteiger partial charge on any atom is 0.266 e. The largest absolute Gasteiger partial charge is 0.493 e. The van der Waals surface area contributed by atoms with Crippen LogP contribution in [-0.4, -0.2) is 36.0 Å². The summed E-state index contributed by atoms with van der Waals surface area (Å²) in [7, 11) is 3.20. The first-order valence-electron chi connectivity index (χ1n) is 10.9. The number of rotatable bonds is 8. The topological polar surface area (TPSA) is 74.6 Å². The number of aryl methyl sites for hydroxylation is 1. The molecule has 33 heavy (non-hydrogen) atoms. The first-order valence-corrected chi connectivity index (χ1v) is 10.9.